The number of carbonyl (C=O) groups is 1. The number of carboxylic acids is 1. The first-order chi connectivity index (χ1) is 6.57. The van der Waals surface area contributed by atoms with E-state index in [1.807, 2.05) is 0 Å². The van der Waals surface area contributed by atoms with Gasteiger partial charge in [0, 0.05) is 13.1 Å². The van der Waals surface area contributed by atoms with Crippen LogP contribution in [0.3, 0.4) is 0 Å². The largest absolute Gasteiger partial charge is 0.480 e. The third-order valence-electron chi connectivity index (χ3n) is 2.27. The van der Waals surface area contributed by atoms with Gasteiger partial charge in [0.05, 0.1) is 11.1 Å². The summed E-state index contributed by atoms with van der Waals surface area (Å²) in [5.41, 5.74) is 0. The van der Waals surface area contributed by atoms with E-state index in [1.165, 1.54) is 0 Å². The van der Waals surface area contributed by atoms with Crippen LogP contribution in [0, 0.1) is 0 Å². The number of hydrogen-bond donors (Lipinski definition) is 3. The summed E-state index contributed by atoms with van der Waals surface area (Å²) >= 11 is 5.05. The van der Waals surface area contributed by atoms with Crippen molar-refractivity contribution in [1.29, 1.82) is 0 Å². The van der Waals surface area contributed by atoms with Gasteiger partial charge in [0.1, 0.15) is 0 Å². The number of thiocarbonyl (C=S) groups is 1. The zero-order valence-electron chi connectivity index (χ0n) is 7.93. The number of carboxylic acid groups (broad SMARTS) is 1. The lowest BCUT2D eigenvalue weighted by Crippen LogP contribution is -2.46. The number of likely N-dealkylation sites (tertiary alicyclic amines) is 1. The van der Waals surface area contributed by atoms with Crippen LogP contribution in [0.1, 0.15) is 6.42 Å². The molecule has 0 aromatic heterocycles. The Hall–Kier alpha value is -0.720. The SMILES string of the molecule is CNCC(=S)N1CCC(O)[C@H]1C(=O)O. The smallest absolute Gasteiger partial charge is 0.329 e. The molecule has 6 heteroatoms. The van der Waals surface area contributed by atoms with Crippen molar-refractivity contribution in [3.8, 4) is 0 Å². The number of likely N-dealkylation sites (N-methyl/N-ethyl adjacent to an activating group) is 1. The van der Waals surface area contributed by atoms with Gasteiger partial charge in [-0.25, -0.2) is 4.79 Å². The number of nitrogens with one attached hydrogen (secondary N) is 1. The van der Waals surface area contributed by atoms with E-state index < -0.39 is 18.1 Å². The first-order valence-corrected chi connectivity index (χ1v) is 4.83. The number of rotatable bonds is 3. The van der Waals surface area contributed by atoms with Crippen molar-refractivity contribution in [2.45, 2.75) is 18.6 Å². The topological polar surface area (TPSA) is 72.8 Å². The predicted molar refractivity (Wildman–Crippen MR) is 55.3 cm³/mol. The summed E-state index contributed by atoms with van der Waals surface area (Å²) in [6, 6.07) is -0.879. The molecule has 0 bridgehead atoms. The zero-order chi connectivity index (χ0) is 10.7. The van der Waals surface area contributed by atoms with Gasteiger partial charge in [0.25, 0.3) is 0 Å². The van der Waals surface area contributed by atoms with Crippen LogP contribution >= 0.6 is 12.2 Å². The lowest BCUT2D eigenvalue weighted by Gasteiger charge is -2.24. The highest BCUT2D eigenvalue weighted by Crippen LogP contribution is 2.18. The van der Waals surface area contributed by atoms with E-state index in [0.717, 1.165) is 0 Å². The van der Waals surface area contributed by atoms with Crippen LogP contribution in [0.15, 0.2) is 0 Å². The molecular weight excluding hydrogens is 204 g/mol. The molecule has 0 spiro atoms. The van der Waals surface area contributed by atoms with Crippen LogP contribution in [0.5, 0.6) is 0 Å². The van der Waals surface area contributed by atoms with Crippen LogP contribution in [0.25, 0.3) is 0 Å². The summed E-state index contributed by atoms with van der Waals surface area (Å²) in [6.45, 7) is 0.977. The minimum absolute atomic E-state index is 0.459. The molecule has 1 fully saturated rings. The fourth-order valence-corrected chi connectivity index (χ4v) is 1.96. The van der Waals surface area contributed by atoms with E-state index in [4.69, 9.17) is 17.3 Å². The molecule has 1 aliphatic rings. The molecule has 0 radical (unpaired) electrons. The van der Waals surface area contributed by atoms with Crippen molar-refractivity contribution in [3.63, 3.8) is 0 Å². The molecule has 1 saturated heterocycles. The van der Waals surface area contributed by atoms with Gasteiger partial charge in [0.15, 0.2) is 6.04 Å². The lowest BCUT2D eigenvalue weighted by molar-refractivity contribution is -0.143. The van der Waals surface area contributed by atoms with E-state index in [0.29, 0.717) is 24.5 Å². The van der Waals surface area contributed by atoms with Crippen molar-refractivity contribution >= 4 is 23.2 Å². The summed E-state index contributed by atoms with van der Waals surface area (Å²) < 4.78 is 0. The molecule has 1 aliphatic heterocycles. The van der Waals surface area contributed by atoms with E-state index in [9.17, 15) is 9.90 Å². The van der Waals surface area contributed by atoms with Crippen molar-refractivity contribution in [1.82, 2.24) is 10.2 Å². The lowest BCUT2D eigenvalue weighted by atomic mass is 10.2. The van der Waals surface area contributed by atoms with Crippen LogP contribution in [0.4, 0.5) is 0 Å². The van der Waals surface area contributed by atoms with Crippen molar-refractivity contribution in [3.05, 3.63) is 0 Å². The Balaban J connectivity index is 2.69. The zero-order valence-corrected chi connectivity index (χ0v) is 8.75. The van der Waals surface area contributed by atoms with Gasteiger partial charge >= 0.3 is 5.97 Å². The predicted octanol–water partition coefficient (Wildman–Crippen LogP) is -0.947. The molecule has 2 atom stereocenters. The number of hydrogen-bond acceptors (Lipinski definition) is 4. The molecule has 3 N–H and O–H groups in total. The second kappa shape index (κ2) is 4.68. The molecular formula is C8H14N2O3S. The first kappa shape index (κ1) is 11.4. The normalized spacial score (nSPS) is 26.6. The van der Waals surface area contributed by atoms with E-state index in [1.54, 1.807) is 11.9 Å². The van der Waals surface area contributed by atoms with Crippen LogP contribution in [-0.2, 0) is 4.79 Å². The quantitative estimate of drug-likeness (QED) is 0.531. The monoisotopic (exact) mass is 218 g/mol. The minimum Gasteiger partial charge on any atom is -0.480 e. The number of aliphatic hydroxyl groups excluding tert-OH is 1. The highest BCUT2D eigenvalue weighted by molar-refractivity contribution is 7.80. The number of nitrogens with zero attached hydrogens (tertiary/aromatic N) is 1. The molecule has 1 unspecified atom stereocenters. The van der Waals surface area contributed by atoms with Crippen molar-refractivity contribution in [2.24, 2.45) is 0 Å². The Morgan fingerprint density at radius 2 is 2.36 bits per heavy atom. The van der Waals surface area contributed by atoms with Gasteiger partial charge < -0.3 is 20.4 Å². The van der Waals surface area contributed by atoms with Crippen molar-refractivity contribution in [2.75, 3.05) is 20.1 Å². The summed E-state index contributed by atoms with van der Waals surface area (Å²) in [7, 11) is 1.74. The average molecular weight is 218 g/mol. The summed E-state index contributed by atoms with van der Waals surface area (Å²) in [4.78, 5) is 13.0. The Labute approximate surface area is 87.7 Å². The molecule has 80 valence electrons. The molecule has 0 amide bonds. The second-order valence-electron chi connectivity index (χ2n) is 3.26. The Morgan fingerprint density at radius 1 is 1.71 bits per heavy atom. The standard InChI is InChI=1S/C8H14N2O3S/c1-9-4-6(14)10-3-2-5(11)7(10)8(12)13/h5,7,9,11H,2-4H2,1H3,(H,12,13)/t5?,7-/m0/s1. The molecule has 0 aliphatic carbocycles. The maximum Gasteiger partial charge on any atom is 0.329 e. The van der Waals surface area contributed by atoms with Gasteiger partial charge in [-0.1, -0.05) is 12.2 Å². The van der Waals surface area contributed by atoms with Crippen LogP contribution in [-0.4, -0.2) is 58.4 Å². The molecule has 5 nitrogen and oxygen atoms in total. The second-order valence-corrected chi connectivity index (χ2v) is 3.73. The molecule has 14 heavy (non-hydrogen) atoms. The van der Waals surface area contributed by atoms with Gasteiger partial charge in [-0.3, -0.25) is 0 Å². The third-order valence-corrected chi connectivity index (χ3v) is 2.65. The van der Waals surface area contributed by atoms with Gasteiger partial charge in [-0.2, -0.15) is 0 Å². The highest BCUT2D eigenvalue weighted by Gasteiger charge is 2.39. The van der Waals surface area contributed by atoms with E-state index in [-0.39, 0.29) is 0 Å². The van der Waals surface area contributed by atoms with Gasteiger partial charge in [0.2, 0.25) is 0 Å². The summed E-state index contributed by atoms with van der Waals surface area (Å²) in [5, 5.41) is 21.2. The average Bonchev–Trinajstić information content (AvgIpc) is 2.47. The number of aliphatic hydroxyl groups is 1. The Morgan fingerprint density at radius 3 is 2.86 bits per heavy atom. The molecule has 1 rings (SSSR count). The van der Waals surface area contributed by atoms with Crippen LogP contribution < -0.4 is 5.32 Å². The molecule has 0 aromatic carbocycles. The minimum atomic E-state index is -1.02. The summed E-state index contributed by atoms with van der Waals surface area (Å²) in [6.07, 6.45) is -0.358. The molecule has 1 heterocycles. The van der Waals surface area contributed by atoms with E-state index >= 15 is 0 Å². The fraction of sp³-hybridized carbons (Fsp3) is 0.750. The van der Waals surface area contributed by atoms with Gasteiger partial charge in [-0.05, 0) is 13.5 Å². The summed E-state index contributed by atoms with van der Waals surface area (Å²) in [5.74, 6) is -1.02. The van der Waals surface area contributed by atoms with Crippen LogP contribution in [0.2, 0.25) is 0 Å². The third kappa shape index (κ3) is 2.20. The molecule has 0 aromatic rings. The maximum atomic E-state index is 10.8. The van der Waals surface area contributed by atoms with E-state index in [2.05, 4.69) is 5.32 Å². The fourth-order valence-electron chi connectivity index (χ4n) is 1.61. The Kier molecular flexibility index (Phi) is 3.79. The maximum absolute atomic E-state index is 10.8. The molecule has 0 saturated carbocycles. The number of aliphatic carboxylic acids is 1. The highest BCUT2D eigenvalue weighted by atomic mass is 32.1. The first-order valence-electron chi connectivity index (χ1n) is 4.43. The van der Waals surface area contributed by atoms with Gasteiger partial charge in [-0.15, -0.1) is 0 Å². The Bertz CT molecular complexity index is 247. The van der Waals surface area contributed by atoms with Crippen molar-refractivity contribution < 1.29 is 15.0 Å².